The summed E-state index contributed by atoms with van der Waals surface area (Å²) in [5, 5.41) is 0. The fourth-order valence-corrected chi connectivity index (χ4v) is 3.77. The Morgan fingerprint density at radius 1 is 0.808 bits per heavy atom. The van der Waals surface area contributed by atoms with Gasteiger partial charge in [-0.05, 0) is 74.5 Å². The summed E-state index contributed by atoms with van der Waals surface area (Å²) in [6.45, 7) is 24.9. The van der Waals surface area contributed by atoms with Gasteiger partial charge in [0.25, 0.3) is 0 Å². The second-order valence-electron chi connectivity index (χ2n) is 10.5. The average Bonchev–Trinajstić information content (AvgIpc) is 2.79. The number of nitrogens with zero attached hydrogens (tertiary/aromatic N) is 4. The van der Waals surface area contributed by atoms with E-state index in [0.29, 0.717) is 11.1 Å². The molecule has 0 N–H and O–H groups in total. The highest BCUT2D eigenvalue weighted by Crippen LogP contribution is 2.29. The van der Waals surface area contributed by atoms with Crippen molar-refractivity contribution in [2.45, 2.75) is 67.0 Å². The minimum absolute atomic E-state index is 0. The van der Waals surface area contributed by atoms with Crippen LogP contribution >= 0.6 is 0 Å². The van der Waals surface area contributed by atoms with Crippen molar-refractivity contribution in [2.75, 3.05) is 67.0 Å². The molecule has 0 bridgehead atoms. The quantitative estimate of drug-likeness (QED) is 0.736. The highest BCUT2D eigenvalue weighted by atomic mass is 15.3. The summed E-state index contributed by atoms with van der Waals surface area (Å²) < 4.78 is 0. The molecule has 0 amide bonds. The van der Waals surface area contributed by atoms with Crippen LogP contribution in [0.25, 0.3) is 0 Å². The fourth-order valence-electron chi connectivity index (χ4n) is 3.77. The lowest BCUT2D eigenvalue weighted by atomic mass is 9.98. The van der Waals surface area contributed by atoms with Gasteiger partial charge >= 0.3 is 0 Å². The van der Waals surface area contributed by atoms with E-state index in [1.165, 1.54) is 45.8 Å². The zero-order valence-electron chi connectivity index (χ0n) is 18.9. The smallest absolute Gasteiger partial charge is 0.0126 e. The van der Waals surface area contributed by atoms with Gasteiger partial charge in [-0.25, -0.2) is 0 Å². The second kappa shape index (κ2) is 10.4. The van der Waals surface area contributed by atoms with Gasteiger partial charge in [0.05, 0.1) is 0 Å². The molecule has 2 fully saturated rings. The summed E-state index contributed by atoms with van der Waals surface area (Å²) >= 11 is 0. The maximum absolute atomic E-state index is 2.62. The lowest BCUT2D eigenvalue weighted by Crippen LogP contribution is -2.52. The molecular formula is C22H50N4. The SMILES string of the molecule is C.CC1CN(C(C)(C)C)CC1CN(C)C.CN1CCN(C(C)(C)C)CC1. The van der Waals surface area contributed by atoms with Crippen LogP contribution in [-0.2, 0) is 0 Å². The summed E-state index contributed by atoms with van der Waals surface area (Å²) in [6.07, 6.45) is 0. The highest BCUT2D eigenvalue weighted by molar-refractivity contribution is 4.89. The second-order valence-corrected chi connectivity index (χ2v) is 10.5. The normalized spacial score (nSPS) is 26.4. The van der Waals surface area contributed by atoms with Crippen LogP contribution in [0.2, 0.25) is 0 Å². The molecule has 0 radical (unpaired) electrons. The Labute approximate surface area is 165 Å². The van der Waals surface area contributed by atoms with Gasteiger partial charge in [-0.2, -0.15) is 0 Å². The van der Waals surface area contributed by atoms with Crippen LogP contribution in [0.15, 0.2) is 0 Å². The van der Waals surface area contributed by atoms with Gasteiger partial charge in [-0.1, -0.05) is 14.4 Å². The van der Waals surface area contributed by atoms with Crippen molar-refractivity contribution in [2.24, 2.45) is 11.8 Å². The molecule has 0 aliphatic carbocycles. The van der Waals surface area contributed by atoms with Crippen molar-refractivity contribution in [3.8, 4) is 0 Å². The number of likely N-dealkylation sites (N-methyl/N-ethyl adjacent to an activating group) is 1. The number of hydrogen-bond donors (Lipinski definition) is 0. The molecule has 0 aromatic rings. The van der Waals surface area contributed by atoms with Crippen LogP contribution in [0.3, 0.4) is 0 Å². The Hall–Kier alpha value is -0.160. The third-order valence-corrected chi connectivity index (χ3v) is 5.77. The molecule has 2 rings (SSSR count). The Morgan fingerprint density at radius 3 is 1.62 bits per heavy atom. The molecule has 0 saturated carbocycles. The molecule has 2 saturated heterocycles. The number of piperazine rings is 1. The first-order valence-corrected chi connectivity index (χ1v) is 10.1. The van der Waals surface area contributed by atoms with E-state index in [-0.39, 0.29) is 7.43 Å². The first-order chi connectivity index (χ1) is 11.3. The molecule has 2 heterocycles. The van der Waals surface area contributed by atoms with Crippen molar-refractivity contribution in [1.82, 2.24) is 19.6 Å². The Balaban J connectivity index is 0.000000475. The van der Waals surface area contributed by atoms with Gasteiger partial charge in [0.15, 0.2) is 0 Å². The first kappa shape index (κ1) is 25.8. The van der Waals surface area contributed by atoms with Crippen LogP contribution in [-0.4, -0.2) is 97.6 Å². The summed E-state index contributed by atoms with van der Waals surface area (Å²) in [5.74, 6) is 1.70. The summed E-state index contributed by atoms with van der Waals surface area (Å²) in [6, 6.07) is 0. The van der Waals surface area contributed by atoms with Gasteiger partial charge in [-0.3, -0.25) is 9.80 Å². The maximum Gasteiger partial charge on any atom is 0.0126 e. The van der Waals surface area contributed by atoms with Crippen molar-refractivity contribution in [3.05, 3.63) is 0 Å². The van der Waals surface area contributed by atoms with E-state index >= 15 is 0 Å². The van der Waals surface area contributed by atoms with Crippen LogP contribution in [0.4, 0.5) is 0 Å². The number of rotatable bonds is 2. The van der Waals surface area contributed by atoms with Gasteiger partial charge in [0.2, 0.25) is 0 Å². The molecule has 158 valence electrons. The van der Waals surface area contributed by atoms with E-state index in [0.717, 1.165) is 11.8 Å². The van der Waals surface area contributed by atoms with Gasteiger partial charge in [0, 0.05) is 56.9 Å². The summed E-state index contributed by atoms with van der Waals surface area (Å²) in [5.41, 5.74) is 0.705. The maximum atomic E-state index is 2.62. The Bertz CT molecular complexity index is 373. The molecule has 0 aromatic heterocycles. The third kappa shape index (κ3) is 8.69. The lowest BCUT2D eigenvalue weighted by Gasteiger charge is -2.41. The van der Waals surface area contributed by atoms with Gasteiger partial charge in [-0.15, -0.1) is 0 Å². The van der Waals surface area contributed by atoms with E-state index in [1.807, 2.05) is 0 Å². The zero-order chi connectivity index (χ0) is 19.4. The highest BCUT2D eigenvalue weighted by Gasteiger charge is 2.35. The van der Waals surface area contributed by atoms with Crippen molar-refractivity contribution >= 4 is 0 Å². The molecule has 2 aliphatic heterocycles. The molecule has 2 atom stereocenters. The van der Waals surface area contributed by atoms with Crippen LogP contribution in [0.5, 0.6) is 0 Å². The van der Waals surface area contributed by atoms with E-state index in [2.05, 4.69) is 89.2 Å². The molecule has 2 aliphatic rings. The molecule has 0 aromatic carbocycles. The minimum atomic E-state index is 0. The molecule has 4 heteroatoms. The van der Waals surface area contributed by atoms with E-state index in [1.54, 1.807) is 0 Å². The topological polar surface area (TPSA) is 13.0 Å². The molecule has 26 heavy (non-hydrogen) atoms. The third-order valence-electron chi connectivity index (χ3n) is 5.77. The fraction of sp³-hybridized carbons (Fsp3) is 1.00. The monoisotopic (exact) mass is 370 g/mol. The summed E-state index contributed by atoms with van der Waals surface area (Å²) in [4.78, 5) is 9.87. The van der Waals surface area contributed by atoms with Crippen molar-refractivity contribution in [3.63, 3.8) is 0 Å². The average molecular weight is 371 g/mol. The zero-order valence-corrected chi connectivity index (χ0v) is 18.9. The van der Waals surface area contributed by atoms with Gasteiger partial charge in [0.1, 0.15) is 0 Å². The largest absolute Gasteiger partial charge is 0.309 e. The predicted octanol–water partition coefficient (Wildman–Crippen LogP) is 3.58. The predicted molar refractivity (Wildman–Crippen MR) is 118 cm³/mol. The first-order valence-electron chi connectivity index (χ1n) is 10.1. The Morgan fingerprint density at radius 2 is 1.27 bits per heavy atom. The van der Waals surface area contributed by atoms with E-state index in [4.69, 9.17) is 0 Å². The standard InChI is InChI=1S/C12H26N2.C9H20N2.CH4/c1-10-7-14(12(2,3)4)9-11(10)8-13(5)6;1-9(2,3)11-7-5-10(4)6-8-11;/h10-11H,7-9H2,1-6H3;5-8H2,1-4H3;1H4. The van der Waals surface area contributed by atoms with Crippen LogP contribution in [0, 0.1) is 11.8 Å². The molecule has 4 nitrogen and oxygen atoms in total. The molecule has 2 unspecified atom stereocenters. The number of hydrogen-bond acceptors (Lipinski definition) is 4. The van der Waals surface area contributed by atoms with Crippen molar-refractivity contribution < 1.29 is 0 Å². The lowest BCUT2D eigenvalue weighted by molar-refractivity contribution is 0.0735. The Kier molecular flexibility index (Phi) is 10.3. The van der Waals surface area contributed by atoms with E-state index < -0.39 is 0 Å². The van der Waals surface area contributed by atoms with Crippen LogP contribution < -0.4 is 0 Å². The molecular weight excluding hydrogens is 320 g/mol. The van der Waals surface area contributed by atoms with Gasteiger partial charge < -0.3 is 9.80 Å². The summed E-state index contributed by atoms with van der Waals surface area (Å²) in [7, 11) is 6.54. The molecule has 0 spiro atoms. The van der Waals surface area contributed by atoms with Crippen LogP contribution in [0.1, 0.15) is 55.9 Å². The van der Waals surface area contributed by atoms with Crippen molar-refractivity contribution in [1.29, 1.82) is 0 Å². The minimum Gasteiger partial charge on any atom is -0.309 e. The number of likely N-dealkylation sites (tertiary alicyclic amines) is 1. The van der Waals surface area contributed by atoms with E-state index in [9.17, 15) is 0 Å².